The second kappa shape index (κ2) is 5.84. The summed E-state index contributed by atoms with van der Waals surface area (Å²) in [6, 6.07) is -0.989. The number of carbonyl (C=O) groups excluding carboxylic acids is 2. The molecule has 5 heteroatoms. The molecule has 1 fully saturated rings. The van der Waals surface area contributed by atoms with Crippen molar-refractivity contribution in [3.8, 4) is 0 Å². The highest BCUT2D eigenvalue weighted by Crippen LogP contribution is 2.08. The molecule has 2 amide bonds. The molecule has 0 bridgehead atoms. The van der Waals surface area contributed by atoms with Crippen molar-refractivity contribution in [2.45, 2.75) is 45.2 Å². The molecule has 0 spiro atoms. The topological polar surface area (TPSA) is 75.4 Å². The lowest BCUT2D eigenvalue weighted by Crippen LogP contribution is -2.50. The first-order chi connectivity index (χ1) is 7.56. The quantitative estimate of drug-likeness (QED) is 0.701. The lowest BCUT2D eigenvalue weighted by molar-refractivity contribution is -0.135. The highest BCUT2D eigenvalue weighted by atomic mass is 16.2. The number of amides is 2. The molecule has 0 aromatic carbocycles. The third kappa shape index (κ3) is 3.20. The van der Waals surface area contributed by atoms with Gasteiger partial charge in [-0.2, -0.15) is 0 Å². The molecule has 0 radical (unpaired) electrons. The van der Waals surface area contributed by atoms with Crippen molar-refractivity contribution in [2.24, 2.45) is 5.73 Å². The molecule has 1 aliphatic heterocycles. The van der Waals surface area contributed by atoms with Crippen LogP contribution in [0.5, 0.6) is 0 Å². The smallest absolute Gasteiger partial charge is 0.244 e. The van der Waals surface area contributed by atoms with E-state index in [-0.39, 0.29) is 11.8 Å². The number of likely N-dealkylation sites (tertiary alicyclic amines) is 1. The van der Waals surface area contributed by atoms with Crippen molar-refractivity contribution in [3.05, 3.63) is 0 Å². The molecular formula is C11H21N3O2. The molecular weight excluding hydrogens is 206 g/mol. The van der Waals surface area contributed by atoms with Crippen molar-refractivity contribution in [1.29, 1.82) is 0 Å². The largest absolute Gasteiger partial charge is 0.343 e. The Morgan fingerprint density at radius 1 is 1.38 bits per heavy atom. The predicted molar refractivity (Wildman–Crippen MR) is 61.7 cm³/mol. The zero-order chi connectivity index (χ0) is 12.1. The SMILES string of the molecule is CCC(N)C(=O)NC(C)C(=O)N1CCCC1. The Hall–Kier alpha value is -1.10. The minimum atomic E-state index is -0.520. The summed E-state index contributed by atoms with van der Waals surface area (Å²) in [7, 11) is 0. The third-order valence-electron chi connectivity index (χ3n) is 2.92. The van der Waals surface area contributed by atoms with Crippen molar-refractivity contribution >= 4 is 11.8 Å². The van der Waals surface area contributed by atoms with E-state index in [9.17, 15) is 9.59 Å². The molecule has 0 aromatic rings. The maximum atomic E-state index is 11.9. The molecule has 0 aliphatic carbocycles. The number of nitrogens with two attached hydrogens (primary N) is 1. The fraction of sp³-hybridized carbons (Fsp3) is 0.818. The van der Waals surface area contributed by atoms with Gasteiger partial charge in [0.25, 0.3) is 0 Å². The number of hydrogen-bond acceptors (Lipinski definition) is 3. The molecule has 5 nitrogen and oxygen atoms in total. The van der Waals surface area contributed by atoms with Gasteiger partial charge in [0.1, 0.15) is 6.04 Å². The van der Waals surface area contributed by atoms with E-state index in [1.165, 1.54) is 0 Å². The van der Waals surface area contributed by atoms with Crippen molar-refractivity contribution in [1.82, 2.24) is 10.2 Å². The Balaban J connectivity index is 2.41. The molecule has 0 saturated carbocycles. The van der Waals surface area contributed by atoms with E-state index in [0.29, 0.717) is 6.42 Å². The highest BCUT2D eigenvalue weighted by Gasteiger charge is 2.25. The van der Waals surface area contributed by atoms with E-state index in [1.54, 1.807) is 11.8 Å². The molecule has 0 aromatic heterocycles. The molecule has 2 atom stereocenters. The van der Waals surface area contributed by atoms with E-state index in [1.807, 2.05) is 6.92 Å². The lowest BCUT2D eigenvalue weighted by Gasteiger charge is -2.22. The van der Waals surface area contributed by atoms with Crippen LogP contribution >= 0.6 is 0 Å². The number of rotatable bonds is 4. The fourth-order valence-electron chi connectivity index (χ4n) is 1.78. The highest BCUT2D eigenvalue weighted by molar-refractivity contribution is 5.89. The monoisotopic (exact) mass is 227 g/mol. The van der Waals surface area contributed by atoms with Crippen LogP contribution in [0.3, 0.4) is 0 Å². The first kappa shape index (κ1) is 13.0. The van der Waals surface area contributed by atoms with Gasteiger partial charge in [0.05, 0.1) is 6.04 Å². The van der Waals surface area contributed by atoms with Gasteiger partial charge >= 0.3 is 0 Å². The molecule has 3 N–H and O–H groups in total. The molecule has 1 heterocycles. The van der Waals surface area contributed by atoms with Crippen LogP contribution in [-0.2, 0) is 9.59 Å². The third-order valence-corrected chi connectivity index (χ3v) is 2.92. The minimum absolute atomic E-state index is 0.00541. The van der Waals surface area contributed by atoms with Crippen LogP contribution in [0.15, 0.2) is 0 Å². The summed E-state index contributed by atoms with van der Waals surface area (Å²) in [4.78, 5) is 25.2. The molecule has 1 saturated heterocycles. The fourth-order valence-corrected chi connectivity index (χ4v) is 1.78. The molecule has 1 rings (SSSR count). The van der Waals surface area contributed by atoms with Gasteiger partial charge in [-0.3, -0.25) is 9.59 Å². The molecule has 16 heavy (non-hydrogen) atoms. The van der Waals surface area contributed by atoms with Gasteiger partial charge in [-0.15, -0.1) is 0 Å². The van der Waals surface area contributed by atoms with Gasteiger partial charge in [-0.1, -0.05) is 6.92 Å². The Kier molecular flexibility index (Phi) is 4.73. The zero-order valence-electron chi connectivity index (χ0n) is 10.0. The van der Waals surface area contributed by atoms with Gasteiger partial charge in [0, 0.05) is 13.1 Å². The summed E-state index contributed by atoms with van der Waals surface area (Å²) >= 11 is 0. The van der Waals surface area contributed by atoms with Crippen LogP contribution in [0.1, 0.15) is 33.1 Å². The number of nitrogens with zero attached hydrogens (tertiary/aromatic N) is 1. The second-order valence-corrected chi connectivity index (χ2v) is 4.28. The van der Waals surface area contributed by atoms with Crippen LogP contribution < -0.4 is 11.1 Å². The Morgan fingerprint density at radius 2 is 1.94 bits per heavy atom. The predicted octanol–water partition coefficient (Wildman–Crippen LogP) is -0.149. The molecule has 1 aliphatic rings. The standard InChI is InChI=1S/C11H21N3O2/c1-3-9(12)10(15)13-8(2)11(16)14-6-4-5-7-14/h8-9H,3-7,12H2,1-2H3,(H,13,15). The van der Waals surface area contributed by atoms with E-state index in [4.69, 9.17) is 5.73 Å². The Bertz CT molecular complexity index is 262. The molecule has 2 unspecified atom stereocenters. The summed E-state index contributed by atoms with van der Waals surface area (Å²) in [6.07, 6.45) is 2.69. The second-order valence-electron chi connectivity index (χ2n) is 4.28. The van der Waals surface area contributed by atoms with Crippen LogP contribution in [-0.4, -0.2) is 41.9 Å². The number of carbonyl (C=O) groups is 2. The summed E-state index contributed by atoms with van der Waals surface area (Å²) in [5.74, 6) is -0.253. The van der Waals surface area contributed by atoms with Crippen LogP contribution in [0, 0.1) is 0 Å². The zero-order valence-corrected chi connectivity index (χ0v) is 10.0. The Morgan fingerprint density at radius 3 is 2.44 bits per heavy atom. The van der Waals surface area contributed by atoms with Crippen LogP contribution in [0.25, 0.3) is 0 Å². The summed E-state index contributed by atoms with van der Waals surface area (Å²) in [6.45, 7) is 5.16. The van der Waals surface area contributed by atoms with E-state index < -0.39 is 12.1 Å². The summed E-state index contributed by atoms with van der Waals surface area (Å²) < 4.78 is 0. The van der Waals surface area contributed by atoms with Crippen molar-refractivity contribution in [3.63, 3.8) is 0 Å². The minimum Gasteiger partial charge on any atom is -0.343 e. The molecule has 92 valence electrons. The first-order valence-corrected chi connectivity index (χ1v) is 5.91. The van der Waals surface area contributed by atoms with Crippen LogP contribution in [0.2, 0.25) is 0 Å². The van der Waals surface area contributed by atoms with Crippen molar-refractivity contribution in [2.75, 3.05) is 13.1 Å². The first-order valence-electron chi connectivity index (χ1n) is 5.91. The number of nitrogens with one attached hydrogen (secondary N) is 1. The van der Waals surface area contributed by atoms with Gasteiger partial charge in [0.2, 0.25) is 11.8 Å². The summed E-state index contributed by atoms with van der Waals surface area (Å²) in [5.41, 5.74) is 5.58. The van der Waals surface area contributed by atoms with Crippen molar-refractivity contribution < 1.29 is 9.59 Å². The normalized spacial score (nSPS) is 19.3. The van der Waals surface area contributed by atoms with E-state index in [2.05, 4.69) is 5.32 Å². The summed E-state index contributed by atoms with van der Waals surface area (Å²) in [5, 5.41) is 2.65. The van der Waals surface area contributed by atoms with E-state index >= 15 is 0 Å². The van der Waals surface area contributed by atoms with Gasteiger partial charge in [-0.05, 0) is 26.2 Å². The lowest BCUT2D eigenvalue weighted by atomic mass is 10.2. The maximum Gasteiger partial charge on any atom is 0.244 e. The van der Waals surface area contributed by atoms with Gasteiger partial charge in [0.15, 0.2) is 0 Å². The van der Waals surface area contributed by atoms with Gasteiger partial charge < -0.3 is 16.0 Å². The number of hydrogen-bond donors (Lipinski definition) is 2. The average molecular weight is 227 g/mol. The van der Waals surface area contributed by atoms with Crippen LogP contribution in [0.4, 0.5) is 0 Å². The Labute approximate surface area is 96.4 Å². The van der Waals surface area contributed by atoms with Gasteiger partial charge in [-0.25, -0.2) is 0 Å². The van der Waals surface area contributed by atoms with E-state index in [0.717, 1.165) is 25.9 Å². The maximum absolute atomic E-state index is 11.9. The average Bonchev–Trinajstić information content (AvgIpc) is 2.79.